The quantitative estimate of drug-likeness (QED) is 0.809. The number of nitriles is 1. The predicted octanol–water partition coefficient (Wildman–Crippen LogP) is 4.27. The highest BCUT2D eigenvalue weighted by molar-refractivity contribution is 5.79. The zero-order chi connectivity index (χ0) is 17.6. The second-order valence-corrected chi connectivity index (χ2v) is 7.05. The van der Waals surface area contributed by atoms with Gasteiger partial charge in [-0.05, 0) is 55.9 Å². The van der Waals surface area contributed by atoms with Gasteiger partial charge in [-0.25, -0.2) is 0 Å². The van der Waals surface area contributed by atoms with E-state index in [-0.39, 0.29) is 0 Å². The molecule has 1 aromatic rings. The summed E-state index contributed by atoms with van der Waals surface area (Å²) in [7, 11) is 3.33. The van der Waals surface area contributed by atoms with E-state index in [0.29, 0.717) is 5.92 Å². The van der Waals surface area contributed by atoms with Crippen LogP contribution in [0.5, 0.6) is 11.5 Å². The van der Waals surface area contributed by atoms with E-state index >= 15 is 0 Å². The second-order valence-electron chi connectivity index (χ2n) is 7.05. The number of hydrogen-bond donors (Lipinski definition) is 0. The van der Waals surface area contributed by atoms with Gasteiger partial charge in [0.2, 0.25) is 0 Å². The average molecular weight is 336 g/mol. The van der Waals surface area contributed by atoms with Crippen molar-refractivity contribution < 1.29 is 9.47 Å². The Hall–Kier alpha value is -2.41. The van der Waals surface area contributed by atoms with Gasteiger partial charge in [-0.15, -0.1) is 0 Å². The first kappa shape index (κ1) is 16.1. The van der Waals surface area contributed by atoms with Gasteiger partial charge >= 0.3 is 0 Å². The van der Waals surface area contributed by atoms with Gasteiger partial charge in [0.15, 0.2) is 11.5 Å². The molecule has 0 amide bonds. The Morgan fingerprint density at radius 3 is 2.60 bits per heavy atom. The van der Waals surface area contributed by atoms with Gasteiger partial charge in [-0.2, -0.15) is 5.26 Å². The lowest BCUT2D eigenvalue weighted by Crippen LogP contribution is -2.35. The van der Waals surface area contributed by atoms with Crippen LogP contribution in [-0.2, 0) is 6.42 Å². The minimum Gasteiger partial charge on any atom is -0.493 e. The van der Waals surface area contributed by atoms with E-state index in [1.54, 1.807) is 14.2 Å². The maximum atomic E-state index is 9.99. The molecule has 3 aliphatic rings. The van der Waals surface area contributed by atoms with Crippen molar-refractivity contribution in [3.05, 3.63) is 40.1 Å². The van der Waals surface area contributed by atoms with E-state index in [2.05, 4.69) is 24.0 Å². The van der Waals surface area contributed by atoms with Gasteiger partial charge in [0.1, 0.15) is 0 Å². The van der Waals surface area contributed by atoms with Crippen molar-refractivity contribution >= 4 is 5.70 Å². The predicted molar refractivity (Wildman–Crippen MR) is 97.1 cm³/mol. The van der Waals surface area contributed by atoms with E-state index in [9.17, 15) is 5.26 Å². The number of benzene rings is 1. The van der Waals surface area contributed by atoms with Crippen LogP contribution in [0.2, 0.25) is 0 Å². The molecule has 0 saturated heterocycles. The van der Waals surface area contributed by atoms with Crippen molar-refractivity contribution in [2.24, 2.45) is 5.92 Å². The fraction of sp³-hybridized carbons (Fsp3) is 0.476. The molecule has 1 unspecified atom stereocenters. The van der Waals surface area contributed by atoms with Gasteiger partial charge in [-0.3, -0.25) is 0 Å². The van der Waals surface area contributed by atoms with Gasteiger partial charge in [0.25, 0.3) is 0 Å². The summed E-state index contributed by atoms with van der Waals surface area (Å²) in [6.45, 7) is 3.15. The summed E-state index contributed by atoms with van der Waals surface area (Å²) < 4.78 is 11.0. The molecule has 0 N–H and O–H groups in total. The Morgan fingerprint density at radius 1 is 1.12 bits per heavy atom. The molecule has 4 rings (SSSR count). The molecule has 0 spiro atoms. The first-order chi connectivity index (χ1) is 12.2. The number of hydrogen-bond acceptors (Lipinski definition) is 4. The van der Waals surface area contributed by atoms with Crippen LogP contribution < -0.4 is 9.47 Å². The summed E-state index contributed by atoms with van der Waals surface area (Å²) in [5, 5.41) is 9.99. The largest absolute Gasteiger partial charge is 0.493 e. The monoisotopic (exact) mass is 336 g/mol. The van der Waals surface area contributed by atoms with Crippen LogP contribution in [0.4, 0.5) is 0 Å². The second kappa shape index (κ2) is 6.15. The minimum absolute atomic E-state index is 0.295. The lowest BCUT2D eigenvalue weighted by Gasteiger charge is -2.43. The van der Waals surface area contributed by atoms with Crippen LogP contribution >= 0.6 is 0 Å². The summed E-state index contributed by atoms with van der Waals surface area (Å²) in [4.78, 5) is 2.37. The zero-order valence-electron chi connectivity index (χ0n) is 15.2. The van der Waals surface area contributed by atoms with Crippen LogP contribution in [0, 0.1) is 17.2 Å². The maximum absolute atomic E-state index is 9.99. The highest BCUT2D eigenvalue weighted by Gasteiger charge is 2.37. The Balaban J connectivity index is 1.93. The van der Waals surface area contributed by atoms with E-state index in [4.69, 9.17) is 9.47 Å². The molecule has 0 aromatic heterocycles. The number of ether oxygens (including phenoxy) is 2. The van der Waals surface area contributed by atoms with Crippen LogP contribution in [0.25, 0.3) is 5.70 Å². The minimum atomic E-state index is 0.295. The first-order valence-corrected chi connectivity index (χ1v) is 9.06. The fourth-order valence-corrected chi connectivity index (χ4v) is 4.70. The molecule has 0 bridgehead atoms. The number of nitrogens with zero attached hydrogens (tertiary/aromatic N) is 2. The molecule has 0 radical (unpaired) electrons. The van der Waals surface area contributed by atoms with E-state index in [1.165, 1.54) is 29.7 Å². The summed E-state index contributed by atoms with van der Waals surface area (Å²) in [6.07, 6.45) is 5.62. The van der Waals surface area contributed by atoms with Gasteiger partial charge in [0.05, 0.1) is 31.6 Å². The molecule has 1 saturated carbocycles. The van der Waals surface area contributed by atoms with E-state index < -0.39 is 0 Å². The standard InChI is InChI=1S/C21H24N2O2/c1-13-15-6-4-5-7-16(15)18(12-22)21-17-11-20(25-3)19(24-2)10-14(17)8-9-23(13)21/h10-11,16H,4-9H2,1-3H3. The normalized spacial score (nSPS) is 22.0. The van der Waals surface area contributed by atoms with Crippen molar-refractivity contribution in [3.8, 4) is 17.6 Å². The number of fused-ring (bicyclic) bond motifs is 4. The smallest absolute Gasteiger partial charge is 0.161 e. The molecule has 1 aliphatic carbocycles. The molecule has 2 heterocycles. The van der Waals surface area contributed by atoms with Gasteiger partial charge in [-0.1, -0.05) is 6.42 Å². The summed E-state index contributed by atoms with van der Waals surface area (Å²) in [5.74, 6) is 1.78. The molecule has 2 aliphatic heterocycles. The van der Waals surface area contributed by atoms with Gasteiger partial charge < -0.3 is 14.4 Å². The van der Waals surface area contributed by atoms with Crippen molar-refractivity contribution in [2.75, 3.05) is 20.8 Å². The van der Waals surface area contributed by atoms with Gasteiger partial charge in [0, 0.05) is 23.7 Å². The highest BCUT2D eigenvalue weighted by Crippen LogP contribution is 2.49. The number of rotatable bonds is 2. The molecule has 130 valence electrons. The molecule has 4 heteroatoms. The summed E-state index contributed by atoms with van der Waals surface area (Å²) in [5.41, 5.74) is 7.24. The lowest BCUT2D eigenvalue weighted by atomic mass is 9.74. The summed E-state index contributed by atoms with van der Waals surface area (Å²) >= 11 is 0. The maximum Gasteiger partial charge on any atom is 0.161 e. The van der Waals surface area contributed by atoms with Crippen LogP contribution in [0.1, 0.15) is 43.7 Å². The third-order valence-electron chi connectivity index (χ3n) is 5.94. The Morgan fingerprint density at radius 2 is 1.88 bits per heavy atom. The van der Waals surface area contributed by atoms with E-state index in [1.807, 2.05) is 6.07 Å². The number of allylic oxidation sites excluding steroid dienone is 3. The molecule has 1 atom stereocenters. The Kier molecular flexibility index (Phi) is 3.95. The molecule has 4 nitrogen and oxygen atoms in total. The molecular formula is C21H24N2O2. The third kappa shape index (κ3) is 2.33. The first-order valence-electron chi connectivity index (χ1n) is 9.06. The Labute approximate surface area is 149 Å². The fourth-order valence-electron chi connectivity index (χ4n) is 4.70. The van der Waals surface area contributed by atoms with Crippen LogP contribution in [-0.4, -0.2) is 25.7 Å². The summed E-state index contributed by atoms with van der Waals surface area (Å²) in [6, 6.07) is 6.68. The molecule has 25 heavy (non-hydrogen) atoms. The van der Waals surface area contributed by atoms with Crippen molar-refractivity contribution in [1.29, 1.82) is 5.26 Å². The van der Waals surface area contributed by atoms with Crippen LogP contribution in [0.15, 0.2) is 29.0 Å². The average Bonchev–Trinajstić information content (AvgIpc) is 2.67. The van der Waals surface area contributed by atoms with Crippen LogP contribution in [0.3, 0.4) is 0 Å². The zero-order valence-corrected chi connectivity index (χ0v) is 15.2. The lowest BCUT2D eigenvalue weighted by molar-refractivity contribution is 0.352. The van der Waals surface area contributed by atoms with Crippen molar-refractivity contribution in [2.45, 2.75) is 39.0 Å². The molecule has 1 aromatic carbocycles. The Bertz CT molecular complexity index is 829. The molecular weight excluding hydrogens is 312 g/mol. The van der Waals surface area contributed by atoms with Crippen molar-refractivity contribution in [1.82, 2.24) is 4.90 Å². The SMILES string of the molecule is COc1cc2c(cc1OC)C1=C(C#N)C3CCCCC3=C(C)N1CC2. The van der Waals surface area contributed by atoms with Crippen molar-refractivity contribution in [3.63, 3.8) is 0 Å². The van der Waals surface area contributed by atoms with E-state index in [0.717, 1.165) is 54.1 Å². The number of methoxy groups -OCH3 is 2. The highest BCUT2D eigenvalue weighted by atomic mass is 16.5. The topological polar surface area (TPSA) is 45.5 Å². The molecule has 1 fully saturated rings. The third-order valence-corrected chi connectivity index (χ3v) is 5.94.